The first-order chi connectivity index (χ1) is 6.50. The molecule has 0 aromatic carbocycles. The molecule has 3 heteroatoms. The fraction of sp³-hybridized carbons (Fsp3) is 0.909. The summed E-state index contributed by atoms with van der Waals surface area (Å²) in [5.41, 5.74) is -0.662. The Morgan fingerprint density at radius 3 is 2.43 bits per heavy atom. The number of rotatable bonds is 8. The van der Waals surface area contributed by atoms with Crippen LogP contribution in [0.2, 0.25) is 0 Å². The molecule has 0 atom stereocenters. The van der Waals surface area contributed by atoms with Crippen molar-refractivity contribution < 1.29 is 14.6 Å². The maximum atomic E-state index is 10.7. The zero-order valence-electron chi connectivity index (χ0n) is 9.51. The average Bonchev–Trinajstić information content (AvgIpc) is 2.10. The van der Waals surface area contributed by atoms with Crippen molar-refractivity contribution in [2.75, 3.05) is 13.2 Å². The van der Waals surface area contributed by atoms with Crippen molar-refractivity contribution >= 4 is 5.97 Å². The van der Waals surface area contributed by atoms with Crippen LogP contribution in [0.25, 0.3) is 0 Å². The molecule has 0 saturated heterocycles. The van der Waals surface area contributed by atoms with Gasteiger partial charge in [0.05, 0.1) is 5.41 Å². The third-order valence-electron chi connectivity index (χ3n) is 2.34. The fourth-order valence-electron chi connectivity index (χ4n) is 0.990. The lowest BCUT2D eigenvalue weighted by Crippen LogP contribution is -2.25. The van der Waals surface area contributed by atoms with Crippen molar-refractivity contribution in [2.45, 2.75) is 46.5 Å². The van der Waals surface area contributed by atoms with Crippen molar-refractivity contribution in [2.24, 2.45) is 5.41 Å². The van der Waals surface area contributed by atoms with Gasteiger partial charge < -0.3 is 9.84 Å². The molecule has 84 valence electrons. The van der Waals surface area contributed by atoms with Crippen molar-refractivity contribution in [1.82, 2.24) is 0 Å². The molecule has 0 aromatic heterocycles. The second kappa shape index (κ2) is 6.82. The predicted molar refractivity (Wildman–Crippen MR) is 56.4 cm³/mol. The largest absolute Gasteiger partial charge is 0.481 e. The summed E-state index contributed by atoms with van der Waals surface area (Å²) in [6, 6.07) is 0. The summed E-state index contributed by atoms with van der Waals surface area (Å²) in [5, 5.41) is 8.83. The molecule has 0 aliphatic carbocycles. The highest BCUT2D eigenvalue weighted by atomic mass is 16.5. The zero-order valence-corrected chi connectivity index (χ0v) is 9.51. The molecule has 0 aromatic rings. The van der Waals surface area contributed by atoms with Crippen molar-refractivity contribution in [3.8, 4) is 0 Å². The quantitative estimate of drug-likeness (QED) is 0.615. The van der Waals surface area contributed by atoms with E-state index in [9.17, 15) is 4.79 Å². The van der Waals surface area contributed by atoms with Gasteiger partial charge in [0.1, 0.15) is 0 Å². The summed E-state index contributed by atoms with van der Waals surface area (Å²) in [7, 11) is 0. The van der Waals surface area contributed by atoms with E-state index in [-0.39, 0.29) is 0 Å². The first-order valence-electron chi connectivity index (χ1n) is 5.32. The fourth-order valence-corrected chi connectivity index (χ4v) is 0.990. The summed E-state index contributed by atoms with van der Waals surface area (Å²) in [5.74, 6) is -0.755. The van der Waals surface area contributed by atoms with Gasteiger partial charge in [-0.05, 0) is 26.7 Å². The maximum absolute atomic E-state index is 10.7. The Bertz CT molecular complexity index is 164. The Morgan fingerprint density at radius 2 is 1.93 bits per heavy atom. The molecule has 0 heterocycles. The Morgan fingerprint density at radius 1 is 1.29 bits per heavy atom. The van der Waals surface area contributed by atoms with Gasteiger partial charge in [0.25, 0.3) is 0 Å². The van der Waals surface area contributed by atoms with Crippen molar-refractivity contribution in [3.05, 3.63) is 0 Å². The molecule has 0 aliphatic heterocycles. The van der Waals surface area contributed by atoms with E-state index in [1.165, 1.54) is 12.8 Å². The minimum Gasteiger partial charge on any atom is -0.481 e. The van der Waals surface area contributed by atoms with Gasteiger partial charge in [-0.25, -0.2) is 0 Å². The molecule has 14 heavy (non-hydrogen) atoms. The number of carboxylic acid groups (broad SMARTS) is 1. The Labute approximate surface area is 86.5 Å². The summed E-state index contributed by atoms with van der Waals surface area (Å²) < 4.78 is 5.36. The Hall–Kier alpha value is -0.570. The first-order valence-corrected chi connectivity index (χ1v) is 5.32. The monoisotopic (exact) mass is 202 g/mol. The molecule has 0 aliphatic rings. The van der Waals surface area contributed by atoms with Gasteiger partial charge in [-0.15, -0.1) is 0 Å². The highest BCUT2D eigenvalue weighted by Crippen LogP contribution is 2.20. The van der Waals surface area contributed by atoms with Gasteiger partial charge in [0.15, 0.2) is 0 Å². The molecule has 0 saturated carbocycles. The molecule has 0 radical (unpaired) electrons. The Balaban J connectivity index is 3.40. The van der Waals surface area contributed by atoms with Gasteiger partial charge in [0, 0.05) is 13.2 Å². The minimum absolute atomic E-state index is 0.545. The van der Waals surface area contributed by atoms with E-state index in [4.69, 9.17) is 9.84 Å². The van der Waals surface area contributed by atoms with Crippen LogP contribution in [-0.4, -0.2) is 24.3 Å². The Kier molecular flexibility index (Phi) is 6.54. The van der Waals surface area contributed by atoms with Crippen LogP contribution >= 0.6 is 0 Å². The van der Waals surface area contributed by atoms with Crippen molar-refractivity contribution in [3.63, 3.8) is 0 Å². The van der Waals surface area contributed by atoms with Crippen LogP contribution in [0, 0.1) is 5.41 Å². The first kappa shape index (κ1) is 13.4. The van der Waals surface area contributed by atoms with Crippen LogP contribution in [0.5, 0.6) is 0 Å². The molecule has 0 spiro atoms. The highest BCUT2D eigenvalue weighted by Gasteiger charge is 2.26. The second-order valence-electron chi connectivity index (χ2n) is 4.26. The van der Waals surface area contributed by atoms with E-state index in [0.29, 0.717) is 13.0 Å². The van der Waals surface area contributed by atoms with Crippen LogP contribution in [0.3, 0.4) is 0 Å². The molecule has 0 bridgehead atoms. The molecule has 0 rings (SSSR count). The predicted octanol–water partition coefficient (Wildman–Crippen LogP) is 2.69. The van der Waals surface area contributed by atoms with Gasteiger partial charge in [-0.3, -0.25) is 4.79 Å². The number of carboxylic acids is 1. The van der Waals surface area contributed by atoms with Crippen molar-refractivity contribution in [1.29, 1.82) is 0 Å². The van der Waals surface area contributed by atoms with Crippen LogP contribution < -0.4 is 0 Å². The van der Waals surface area contributed by atoms with Gasteiger partial charge >= 0.3 is 5.97 Å². The summed E-state index contributed by atoms with van der Waals surface area (Å²) in [6.07, 6.45) is 4.02. The summed E-state index contributed by atoms with van der Waals surface area (Å²) >= 11 is 0. The number of unbranched alkanes of at least 4 members (excludes halogenated alkanes) is 2. The van der Waals surface area contributed by atoms with Gasteiger partial charge in [-0.2, -0.15) is 0 Å². The van der Waals surface area contributed by atoms with Crippen LogP contribution in [-0.2, 0) is 9.53 Å². The third-order valence-corrected chi connectivity index (χ3v) is 2.34. The smallest absolute Gasteiger partial charge is 0.309 e. The van der Waals surface area contributed by atoms with E-state index in [1.54, 1.807) is 13.8 Å². The number of ether oxygens (including phenoxy) is 1. The van der Waals surface area contributed by atoms with E-state index in [1.807, 2.05) is 0 Å². The number of carbonyl (C=O) groups is 1. The second-order valence-corrected chi connectivity index (χ2v) is 4.26. The molecule has 3 nitrogen and oxygen atoms in total. The standard InChI is InChI=1S/C11H22O3/c1-4-5-6-8-14-9-7-11(2,3)10(12)13/h4-9H2,1-3H3,(H,12,13). The molecule has 1 N–H and O–H groups in total. The van der Waals surface area contributed by atoms with E-state index >= 15 is 0 Å². The lowest BCUT2D eigenvalue weighted by atomic mass is 9.90. The molecule has 0 unspecified atom stereocenters. The van der Waals surface area contributed by atoms with Crippen LogP contribution in [0.15, 0.2) is 0 Å². The minimum atomic E-state index is -0.755. The van der Waals surface area contributed by atoms with E-state index in [2.05, 4.69) is 6.92 Å². The topological polar surface area (TPSA) is 46.5 Å². The number of aliphatic carboxylic acids is 1. The number of hydrogen-bond acceptors (Lipinski definition) is 2. The summed E-state index contributed by atoms with van der Waals surface area (Å²) in [6.45, 7) is 6.90. The maximum Gasteiger partial charge on any atom is 0.309 e. The average molecular weight is 202 g/mol. The summed E-state index contributed by atoms with van der Waals surface area (Å²) in [4.78, 5) is 10.7. The lowest BCUT2D eigenvalue weighted by molar-refractivity contribution is -0.148. The zero-order chi connectivity index (χ0) is 11.0. The van der Waals surface area contributed by atoms with E-state index in [0.717, 1.165) is 13.0 Å². The number of hydrogen-bond donors (Lipinski definition) is 1. The van der Waals surface area contributed by atoms with Crippen LogP contribution in [0.4, 0.5) is 0 Å². The van der Waals surface area contributed by atoms with Gasteiger partial charge in [0.2, 0.25) is 0 Å². The lowest BCUT2D eigenvalue weighted by Gasteiger charge is -2.18. The molecular formula is C11H22O3. The van der Waals surface area contributed by atoms with E-state index < -0.39 is 11.4 Å². The molecular weight excluding hydrogens is 180 g/mol. The SMILES string of the molecule is CCCCCOCCC(C)(C)C(=O)O. The van der Waals surface area contributed by atoms with Crippen LogP contribution in [0.1, 0.15) is 46.5 Å². The normalized spacial score (nSPS) is 11.6. The third kappa shape index (κ3) is 5.97. The molecule has 0 fully saturated rings. The van der Waals surface area contributed by atoms with Gasteiger partial charge in [-0.1, -0.05) is 19.8 Å². The highest BCUT2D eigenvalue weighted by molar-refractivity contribution is 5.73. The molecule has 0 amide bonds.